The second-order valence-electron chi connectivity index (χ2n) is 3.25. The minimum absolute atomic E-state index is 0.0898. The number of benzene rings is 1. The van der Waals surface area contributed by atoms with Gasteiger partial charge >= 0.3 is 0 Å². The van der Waals surface area contributed by atoms with Crippen LogP contribution in [0.15, 0.2) is 18.2 Å². The Labute approximate surface area is 93.8 Å². The predicted octanol–water partition coefficient (Wildman–Crippen LogP) is 1.38. The maximum atomic E-state index is 13.0. The Hall–Kier alpha value is -1.78. The molecule has 0 aromatic heterocycles. The van der Waals surface area contributed by atoms with Gasteiger partial charge in [0.2, 0.25) is 5.91 Å². The average Bonchev–Trinajstić information content (AvgIpc) is 2.24. The molecule has 5 heteroatoms. The molecule has 1 aromatic rings. The lowest BCUT2D eigenvalue weighted by Crippen LogP contribution is -2.26. The van der Waals surface area contributed by atoms with Crippen molar-refractivity contribution >= 4 is 11.6 Å². The summed E-state index contributed by atoms with van der Waals surface area (Å²) in [5, 5.41) is 5.61. The van der Waals surface area contributed by atoms with Crippen LogP contribution in [0, 0.1) is 5.82 Å². The van der Waals surface area contributed by atoms with Crippen molar-refractivity contribution in [1.29, 1.82) is 0 Å². The van der Waals surface area contributed by atoms with Crippen LogP contribution in [0.4, 0.5) is 10.1 Å². The first-order valence-corrected chi connectivity index (χ1v) is 4.95. The number of rotatable bonds is 5. The highest BCUT2D eigenvalue weighted by molar-refractivity contribution is 5.72. The largest absolute Gasteiger partial charge is 0.495 e. The molecule has 0 unspecified atom stereocenters. The third kappa shape index (κ3) is 3.76. The Morgan fingerprint density at radius 2 is 2.19 bits per heavy atom. The van der Waals surface area contributed by atoms with Crippen molar-refractivity contribution in [2.75, 3.05) is 25.5 Å². The molecule has 0 bridgehead atoms. The number of carbonyl (C=O) groups is 1. The van der Waals surface area contributed by atoms with Crippen LogP contribution in [0.2, 0.25) is 0 Å². The van der Waals surface area contributed by atoms with E-state index in [9.17, 15) is 9.18 Å². The number of methoxy groups -OCH3 is 1. The number of anilines is 1. The summed E-state index contributed by atoms with van der Waals surface area (Å²) in [6.07, 6.45) is 0. The van der Waals surface area contributed by atoms with Crippen molar-refractivity contribution in [3.63, 3.8) is 0 Å². The summed E-state index contributed by atoms with van der Waals surface area (Å²) in [6.45, 7) is 2.44. The van der Waals surface area contributed by atoms with Crippen LogP contribution in [0.1, 0.15) is 6.92 Å². The van der Waals surface area contributed by atoms with Crippen molar-refractivity contribution in [2.24, 2.45) is 0 Å². The van der Waals surface area contributed by atoms with E-state index in [1.54, 1.807) is 6.07 Å². The van der Waals surface area contributed by atoms with E-state index >= 15 is 0 Å². The summed E-state index contributed by atoms with van der Waals surface area (Å²) in [7, 11) is 1.52. The van der Waals surface area contributed by atoms with Crippen LogP contribution in [0.25, 0.3) is 0 Å². The molecule has 0 saturated carbocycles. The first kappa shape index (κ1) is 12.3. The van der Waals surface area contributed by atoms with E-state index in [1.807, 2.05) is 0 Å². The molecule has 0 aliphatic rings. The van der Waals surface area contributed by atoms with Gasteiger partial charge in [-0.15, -0.1) is 0 Å². The summed E-state index contributed by atoms with van der Waals surface area (Å²) in [5.41, 5.74) is 0.577. The molecule has 0 aliphatic carbocycles. The van der Waals surface area contributed by atoms with Crippen LogP contribution in [-0.4, -0.2) is 26.1 Å². The fourth-order valence-corrected chi connectivity index (χ4v) is 1.25. The van der Waals surface area contributed by atoms with Gasteiger partial charge in [0.15, 0.2) is 0 Å². The number of nitrogens with one attached hydrogen (secondary N) is 2. The predicted molar refractivity (Wildman–Crippen MR) is 60.1 cm³/mol. The van der Waals surface area contributed by atoms with Gasteiger partial charge in [0.25, 0.3) is 0 Å². The standard InChI is InChI=1S/C11H15FN2O2/c1-8(15)13-5-6-14-10-7-9(12)3-4-11(10)16-2/h3-4,7,14H,5-6H2,1-2H3,(H,13,15). The minimum Gasteiger partial charge on any atom is -0.495 e. The second-order valence-corrected chi connectivity index (χ2v) is 3.25. The number of hydrogen-bond donors (Lipinski definition) is 2. The fourth-order valence-electron chi connectivity index (χ4n) is 1.25. The Kier molecular flexibility index (Phi) is 4.57. The van der Waals surface area contributed by atoms with Gasteiger partial charge in [-0.05, 0) is 12.1 Å². The summed E-state index contributed by atoms with van der Waals surface area (Å²) < 4.78 is 18.0. The molecule has 88 valence electrons. The molecular formula is C11H15FN2O2. The summed E-state index contributed by atoms with van der Waals surface area (Å²) in [5.74, 6) is 0.153. The second kappa shape index (κ2) is 5.95. The molecule has 4 nitrogen and oxygen atoms in total. The number of ether oxygens (including phenoxy) is 1. The van der Waals surface area contributed by atoms with E-state index in [0.717, 1.165) is 0 Å². The van der Waals surface area contributed by atoms with Gasteiger partial charge < -0.3 is 15.4 Å². The van der Waals surface area contributed by atoms with E-state index < -0.39 is 0 Å². The molecule has 1 aromatic carbocycles. The number of amides is 1. The van der Waals surface area contributed by atoms with Crippen molar-refractivity contribution in [3.8, 4) is 5.75 Å². The van der Waals surface area contributed by atoms with Crippen LogP contribution in [-0.2, 0) is 4.79 Å². The third-order valence-corrected chi connectivity index (χ3v) is 1.98. The van der Waals surface area contributed by atoms with E-state index in [1.165, 1.54) is 26.2 Å². The normalized spacial score (nSPS) is 9.69. The highest BCUT2D eigenvalue weighted by Gasteiger charge is 2.03. The maximum Gasteiger partial charge on any atom is 0.216 e. The SMILES string of the molecule is COc1ccc(F)cc1NCCNC(C)=O. The van der Waals surface area contributed by atoms with Crippen LogP contribution in [0.5, 0.6) is 5.75 Å². The van der Waals surface area contributed by atoms with E-state index in [2.05, 4.69) is 10.6 Å². The van der Waals surface area contributed by atoms with Crippen LogP contribution in [0.3, 0.4) is 0 Å². The molecule has 0 fully saturated rings. The Bertz CT molecular complexity index is 369. The van der Waals surface area contributed by atoms with Gasteiger partial charge in [0.05, 0.1) is 12.8 Å². The van der Waals surface area contributed by atoms with Gasteiger partial charge in [0.1, 0.15) is 11.6 Å². The number of hydrogen-bond acceptors (Lipinski definition) is 3. The van der Waals surface area contributed by atoms with Crippen molar-refractivity contribution in [2.45, 2.75) is 6.92 Å². The molecule has 0 radical (unpaired) electrons. The molecule has 0 aliphatic heterocycles. The lowest BCUT2D eigenvalue weighted by atomic mass is 10.3. The van der Waals surface area contributed by atoms with Crippen LogP contribution < -0.4 is 15.4 Å². The van der Waals surface area contributed by atoms with Crippen LogP contribution >= 0.6 is 0 Å². The average molecular weight is 226 g/mol. The van der Waals surface area contributed by atoms with Gasteiger partial charge in [-0.3, -0.25) is 4.79 Å². The molecular weight excluding hydrogens is 211 g/mol. The molecule has 16 heavy (non-hydrogen) atoms. The first-order chi connectivity index (χ1) is 7.63. The summed E-state index contributed by atoms with van der Waals surface area (Å²) >= 11 is 0. The molecule has 1 amide bonds. The highest BCUT2D eigenvalue weighted by Crippen LogP contribution is 2.24. The quantitative estimate of drug-likeness (QED) is 0.746. The first-order valence-electron chi connectivity index (χ1n) is 4.95. The van der Waals surface area contributed by atoms with E-state index in [4.69, 9.17) is 4.74 Å². The Morgan fingerprint density at radius 1 is 1.44 bits per heavy atom. The lowest BCUT2D eigenvalue weighted by molar-refractivity contribution is -0.118. The number of carbonyl (C=O) groups excluding carboxylic acids is 1. The smallest absolute Gasteiger partial charge is 0.216 e. The van der Waals surface area contributed by atoms with E-state index in [-0.39, 0.29) is 11.7 Å². The topological polar surface area (TPSA) is 50.4 Å². The molecule has 2 N–H and O–H groups in total. The van der Waals surface area contributed by atoms with Crippen molar-refractivity contribution < 1.29 is 13.9 Å². The molecule has 0 saturated heterocycles. The van der Waals surface area contributed by atoms with Crippen molar-refractivity contribution in [1.82, 2.24) is 5.32 Å². The Balaban J connectivity index is 2.51. The summed E-state index contributed by atoms with van der Waals surface area (Å²) in [4.78, 5) is 10.6. The zero-order chi connectivity index (χ0) is 12.0. The molecule has 0 atom stereocenters. The zero-order valence-electron chi connectivity index (χ0n) is 9.34. The molecule has 1 rings (SSSR count). The van der Waals surface area contributed by atoms with E-state index in [0.29, 0.717) is 24.5 Å². The summed E-state index contributed by atoms with van der Waals surface area (Å²) in [6, 6.07) is 4.24. The Morgan fingerprint density at radius 3 is 2.81 bits per heavy atom. The molecule has 0 spiro atoms. The monoisotopic (exact) mass is 226 g/mol. The molecule has 0 heterocycles. The van der Waals surface area contributed by atoms with Gasteiger partial charge in [-0.25, -0.2) is 4.39 Å². The maximum absolute atomic E-state index is 13.0. The lowest BCUT2D eigenvalue weighted by Gasteiger charge is -2.11. The van der Waals surface area contributed by atoms with Gasteiger partial charge in [-0.2, -0.15) is 0 Å². The highest BCUT2D eigenvalue weighted by atomic mass is 19.1. The van der Waals surface area contributed by atoms with Crippen molar-refractivity contribution in [3.05, 3.63) is 24.0 Å². The zero-order valence-corrected chi connectivity index (χ0v) is 9.34. The van der Waals surface area contributed by atoms with Gasteiger partial charge in [-0.1, -0.05) is 0 Å². The number of halogens is 1. The van der Waals surface area contributed by atoms with Gasteiger partial charge in [0, 0.05) is 26.1 Å². The fraction of sp³-hybridized carbons (Fsp3) is 0.364. The third-order valence-electron chi connectivity index (χ3n) is 1.98. The minimum atomic E-state index is -0.331.